The minimum absolute atomic E-state index is 0.214. The predicted octanol–water partition coefficient (Wildman–Crippen LogP) is 2.96. The SMILES string of the molecule is CC(C)OC(=O)CC(=O)c1occ2ccccc12. The fourth-order valence-electron chi connectivity index (χ4n) is 1.72. The quantitative estimate of drug-likeness (QED) is 0.473. The van der Waals surface area contributed by atoms with Crippen molar-refractivity contribution in [3.8, 4) is 0 Å². The van der Waals surface area contributed by atoms with E-state index < -0.39 is 5.97 Å². The van der Waals surface area contributed by atoms with E-state index in [9.17, 15) is 9.59 Å². The third kappa shape index (κ3) is 2.59. The van der Waals surface area contributed by atoms with Gasteiger partial charge in [-0.25, -0.2) is 0 Å². The highest BCUT2D eigenvalue weighted by Crippen LogP contribution is 2.22. The Labute approximate surface area is 105 Å². The van der Waals surface area contributed by atoms with Crippen LogP contribution in [0.3, 0.4) is 0 Å². The third-order valence-electron chi connectivity index (χ3n) is 2.43. The zero-order valence-corrected chi connectivity index (χ0v) is 10.3. The Morgan fingerprint density at radius 3 is 2.72 bits per heavy atom. The second-order valence-corrected chi connectivity index (χ2v) is 4.29. The van der Waals surface area contributed by atoms with E-state index in [0.717, 1.165) is 10.8 Å². The molecule has 0 aliphatic heterocycles. The molecule has 1 heterocycles. The summed E-state index contributed by atoms with van der Waals surface area (Å²) in [6, 6.07) is 7.32. The van der Waals surface area contributed by atoms with Crippen molar-refractivity contribution in [2.45, 2.75) is 26.4 Å². The van der Waals surface area contributed by atoms with Crippen LogP contribution in [0.25, 0.3) is 10.8 Å². The van der Waals surface area contributed by atoms with Crippen LogP contribution in [0.15, 0.2) is 34.9 Å². The first-order valence-electron chi connectivity index (χ1n) is 5.77. The molecule has 0 radical (unpaired) electrons. The van der Waals surface area contributed by atoms with Crippen molar-refractivity contribution in [2.24, 2.45) is 0 Å². The Morgan fingerprint density at radius 2 is 2.00 bits per heavy atom. The number of benzene rings is 1. The molecule has 94 valence electrons. The van der Waals surface area contributed by atoms with Crippen molar-refractivity contribution in [3.05, 3.63) is 36.3 Å². The molecule has 0 atom stereocenters. The van der Waals surface area contributed by atoms with Crippen LogP contribution in [0.2, 0.25) is 0 Å². The minimum atomic E-state index is -0.532. The Kier molecular flexibility index (Phi) is 3.46. The van der Waals surface area contributed by atoms with E-state index >= 15 is 0 Å². The van der Waals surface area contributed by atoms with Crippen LogP contribution >= 0.6 is 0 Å². The highest BCUT2D eigenvalue weighted by Gasteiger charge is 2.19. The number of Topliss-reactive ketones (excluding diaryl/α,β-unsaturated/α-hetero) is 1. The summed E-state index contributed by atoms with van der Waals surface area (Å²) in [4.78, 5) is 23.3. The first-order chi connectivity index (χ1) is 8.58. The second-order valence-electron chi connectivity index (χ2n) is 4.29. The number of carbonyl (C=O) groups excluding carboxylic acids is 2. The molecular formula is C14H14O4. The van der Waals surface area contributed by atoms with E-state index in [1.165, 1.54) is 6.26 Å². The van der Waals surface area contributed by atoms with Crippen LogP contribution in [-0.2, 0) is 9.53 Å². The maximum atomic E-state index is 11.9. The van der Waals surface area contributed by atoms with Gasteiger partial charge >= 0.3 is 5.97 Å². The monoisotopic (exact) mass is 246 g/mol. The number of ketones is 1. The maximum Gasteiger partial charge on any atom is 0.314 e. The molecule has 2 rings (SSSR count). The fourth-order valence-corrected chi connectivity index (χ4v) is 1.72. The summed E-state index contributed by atoms with van der Waals surface area (Å²) in [5.41, 5.74) is 0. The summed E-state index contributed by atoms with van der Waals surface area (Å²) in [7, 11) is 0. The van der Waals surface area contributed by atoms with E-state index in [4.69, 9.17) is 9.15 Å². The topological polar surface area (TPSA) is 56.5 Å². The van der Waals surface area contributed by atoms with E-state index in [0.29, 0.717) is 0 Å². The summed E-state index contributed by atoms with van der Waals surface area (Å²) in [6.07, 6.45) is 0.991. The molecule has 2 aromatic rings. The average molecular weight is 246 g/mol. The Morgan fingerprint density at radius 1 is 1.28 bits per heavy atom. The zero-order chi connectivity index (χ0) is 13.1. The second kappa shape index (κ2) is 5.04. The molecular weight excluding hydrogens is 232 g/mol. The Hall–Kier alpha value is -2.10. The molecule has 0 saturated heterocycles. The van der Waals surface area contributed by atoms with Gasteiger partial charge in [0.25, 0.3) is 0 Å². The van der Waals surface area contributed by atoms with Crippen LogP contribution < -0.4 is 0 Å². The lowest BCUT2D eigenvalue weighted by Gasteiger charge is -2.06. The van der Waals surface area contributed by atoms with E-state index in [1.807, 2.05) is 18.2 Å². The number of hydrogen-bond donors (Lipinski definition) is 0. The maximum absolute atomic E-state index is 11.9. The van der Waals surface area contributed by atoms with E-state index in [2.05, 4.69) is 0 Å². The number of furan rings is 1. The van der Waals surface area contributed by atoms with E-state index in [-0.39, 0.29) is 24.1 Å². The lowest BCUT2D eigenvalue weighted by atomic mass is 10.1. The number of rotatable bonds is 4. The van der Waals surface area contributed by atoms with Gasteiger partial charge in [-0.2, -0.15) is 0 Å². The molecule has 0 amide bonds. The molecule has 0 spiro atoms. The van der Waals surface area contributed by atoms with E-state index in [1.54, 1.807) is 19.9 Å². The normalized spacial score (nSPS) is 10.8. The van der Waals surface area contributed by atoms with Gasteiger partial charge in [-0.3, -0.25) is 9.59 Å². The summed E-state index contributed by atoms with van der Waals surface area (Å²) >= 11 is 0. The molecule has 1 aromatic heterocycles. The third-order valence-corrected chi connectivity index (χ3v) is 2.43. The summed E-state index contributed by atoms with van der Waals surface area (Å²) in [6.45, 7) is 3.48. The number of hydrogen-bond acceptors (Lipinski definition) is 4. The predicted molar refractivity (Wildman–Crippen MR) is 66.4 cm³/mol. The van der Waals surface area contributed by atoms with Crippen molar-refractivity contribution in [2.75, 3.05) is 0 Å². The molecule has 0 aliphatic rings. The molecule has 0 saturated carbocycles. The van der Waals surface area contributed by atoms with Gasteiger partial charge in [0.15, 0.2) is 5.76 Å². The standard InChI is InChI=1S/C14H14O4/c1-9(2)18-13(16)7-12(15)14-11-6-4-3-5-10(11)8-17-14/h3-6,8-9H,7H2,1-2H3. The number of fused-ring (bicyclic) bond motifs is 1. The largest absolute Gasteiger partial charge is 0.463 e. The van der Waals surface area contributed by atoms with Gasteiger partial charge in [-0.15, -0.1) is 0 Å². The van der Waals surface area contributed by atoms with Crippen molar-refractivity contribution >= 4 is 22.5 Å². The molecule has 0 fully saturated rings. The minimum Gasteiger partial charge on any atom is -0.463 e. The average Bonchev–Trinajstić information content (AvgIpc) is 2.71. The lowest BCUT2D eigenvalue weighted by Crippen LogP contribution is -2.15. The number of ether oxygens (including phenoxy) is 1. The van der Waals surface area contributed by atoms with Gasteiger partial charge in [0.1, 0.15) is 6.42 Å². The Bertz CT molecular complexity index is 580. The van der Waals surface area contributed by atoms with Crippen LogP contribution in [0, 0.1) is 0 Å². The molecule has 0 N–H and O–H groups in total. The first-order valence-corrected chi connectivity index (χ1v) is 5.77. The number of esters is 1. The van der Waals surface area contributed by atoms with Crippen molar-refractivity contribution < 1.29 is 18.7 Å². The summed E-state index contributed by atoms with van der Waals surface area (Å²) in [5.74, 6) is -0.677. The van der Waals surface area contributed by atoms with Gasteiger partial charge in [-0.1, -0.05) is 24.3 Å². The van der Waals surface area contributed by atoms with Crippen LogP contribution in [0.1, 0.15) is 30.8 Å². The highest BCUT2D eigenvalue weighted by atomic mass is 16.5. The summed E-state index contributed by atoms with van der Waals surface area (Å²) < 4.78 is 10.2. The van der Waals surface area contributed by atoms with Gasteiger partial charge in [0.2, 0.25) is 5.78 Å². The number of carbonyl (C=O) groups is 2. The highest BCUT2D eigenvalue weighted by molar-refractivity contribution is 6.11. The molecule has 0 unspecified atom stereocenters. The van der Waals surface area contributed by atoms with Crippen molar-refractivity contribution in [1.29, 1.82) is 0 Å². The summed E-state index contributed by atoms with van der Waals surface area (Å²) in [5, 5.41) is 1.57. The Balaban J connectivity index is 2.16. The van der Waals surface area contributed by atoms with Crippen LogP contribution in [0.4, 0.5) is 0 Å². The molecule has 18 heavy (non-hydrogen) atoms. The van der Waals surface area contributed by atoms with Gasteiger partial charge < -0.3 is 9.15 Å². The van der Waals surface area contributed by atoms with Gasteiger partial charge in [0.05, 0.1) is 12.4 Å². The zero-order valence-electron chi connectivity index (χ0n) is 10.3. The smallest absolute Gasteiger partial charge is 0.314 e. The molecule has 0 aliphatic carbocycles. The molecule has 0 bridgehead atoms. The van der Waals surface area contributed by atoms with Crippen molar-refractivity contribution in [1.82, 2.24) is 0 Å². The van der Waals surface area contributed by atoms with Gasteiger partial charge in [-0.05, 0) is 13.8 Å². The van der Waals surface area contributed by atoms with Crippen LogP contribution in [-0.4, -0.2) is 17.9 Å². The van der Waals surface area contributed by atoms with Crippen molar-refractivity contribution in [3.63, 3.8) is 0 Å². The molecule has 1 aromatic carbocycles. The van der Waals surface area contributed by atoms with Gasteiger partial charge in [0, 0.05) is 10.8 Å². The molecule has 4 heteroatoms. The van der Waals surface area contributed by atoms with Crippen LogP contribution in [0.5, 0.6) is 0 Å². The molecule has 4 nitrogen and oxygen atoms in total. The fraction of sp³-hybridized carbons (Fsp3) is 0.286. The first kappa shape index (κ1) is 12.4. The lowest BCUT2D eigenvalue weighted by molar-refractivity contribution is -0.146.